The van der Waals surface area contributed by atoms with Crippen molar-refractivity contribution < 1.29 is 13.2 Å². The largest absolute Gasteiger partial charge is 0.351 e. The fourth-order valence-electron chi connectivity index (χ4n) is 2.00. The van der Waals surface area contributed by atoms with Crippen LogP contribution in [0.2, 0.25) is 0 Å². The summed E-state index contributed by atoms with van der Waals surface area (Å²) >= 11 is 0. The molecule has 0 unspecified atom stereocenters. The summed E-state index contributed by atoms with van der Waals surface area (Å²) in [6.07, 6.45) is 0. The molecule has 0 heterocycles. The van der Waals surface area contributed by atoms with Gasteiger partial charge in [-0.05, 0) is 16.8 Å². The molecule has 118 valence electrons. The second-order valence-electron chi connectivity index (χ2n) is 4.96. The van der Waals surface area contributed by atoms with E-state index in [4.69, 9.17) is 0 Å². The Morgan fingerprint density at radius 1 is 1.05 bits per heavy atom. The summed E-state index contributed by atoms with van der Waals surface area (Å²) in [7, 11) is -0.580. The minimum absolute atomic E-state index is 0.136. The van der Waals surface area contributed by atoms with E-state index < -0.39 is 10.2 Å². The lowest BCUT2D eigenvalue weighted by atomic mass is 10.0. The van der Waals surface area contributed by atoms with E-state index in [1.807, 2.05) is 36.4 Å². The standard InChI is InChI=1S/C15H19N3O3S/c1-18(2)22(20,21)17-11-10-16-15(19)14-9-5-7-12-6-3-4-8-13(12)14/h3-9,17H,10-11H2,1-2H3,(H,16,19). The molecule has 0 saturated carbocycles. The van der Waals surface area contributed by atoms with Crippen LogP contribution < -0.4 is 10.0 Å². The summed E-state index contributed by atoms with van der Waals surface area (Å²) in [6, 6.07) is 13.1. The highest BCUT2D eigenvalue weighted by Crippen LogP contribution is 2.18. The Morgan fingerprint density at radius 3 is 2.45 bits per heavy atom. The smallest absolute Gasteiger partial charge is 0.278 e. The van der Waals surface area contributed by atoms with Gasteiger partial charge in [-0.25, -0.2) is 4.72 Å². The third-order valence-electron chi connectivity index (χ3n) is 3.21. The molecular weight excluding hydrogens is 302 g/mol. The maximum Gasteiger partial charge on any atom is 0.278 e. The van der Waals surface area contributed by atoms with Crippen LogP contribution in [0.15, 0.2) is 42.5 Å². The zero-order chi connectivity index (χ0) is 16.2. The SMILES string of the molecule is CN(C)S(=O)(=O)NCCNC(=O)c1cccc2ccccc12. The third kappa shape index (κ3) is 3.82. The van der Waals surface area contributed by atoms with Gasteiger partial charge in [0.25, 0.3) is 16.1 Å². The molecule has 1 amide bonds. The number of amides is 1. The molecule has 0 fully saturated rings. The van der Waals surface area contributed by atoms with Crippen molar-refractivity contribution >= 4 is 26.9 Å². The molecule has 0 aliphatic rings. The van der Waals surface area contributed by atoms with Crippen LogP contribution in [0.5, 0.6) is 0 Å². The van der Waals surface area contributed by atoms with E-state index in [0.717, 1.165) is 15.1 Å². The van der Waals surface area contributed by atoms with Crippen molar-refractivity contribution in [1.82, 2.24) is 14.3 Å². The van der Waals surface area contributed by atoms with Gasteiger partial charge in [0.05, 0.1) is 0 Å². The van der Waals surface area contributed by atoms with Gasteiger partial charge in [-0.2, -0.15) is 12.7 Å². The van der Waals surface area contributed by atoms with Crippen molar-refractivity contribution in [1.29, 1.82) is 0 Å². The van der Waals surface area contributed by atoms with E-state index in [-0.39, 0.29) is 19.0 Å². The Labute approximate surface area is 130 Å². The van der Waals surface area contributed by atoms with Crippen molar-refractivity contribution in [3.63, 3.8) is 0 Å². The summed E-state index contributed by atoms with van der Waals surface area (Å²) in [5, 5.41) is 4.58. The molecule has 0 aliphatic heterocycles. The highest BCUT2D eigenvalue weighted by atomic mass is 32.2. The molecule has 22 heavy (non-hydrogen) atoms. The molecule has 0 atom stereocenters. The molecule has 0 spiro atoms. The molecule has 2 N–H and O–H groups in total. The summed E-state index contributed by atoms with van der Waals surface area (Å²) in [5.74, 6) is -0.221. The molecule has 0 saturated heterocycles. The van der Waals surface area contributed by atoms with Gasteiger partial charge in [0, 0.05) is 32.7 Å². The molecule has 6 nitrogen and oxygen atoms in total. The predicted molar refractivity (Wildman–Crippen MR) is 86.9 cm³/mol. The molecule has 0 radical (unpaired) electrons. The zero-order valence-electron chi connectivity index (χ0n) is 12.5. The lowest BCUT2D eigenvalue weighted by Crippen LogP contribution is -2.40. The summed E-state index contributed by atoms with van der Waals surface area (Å²) in [5.41, 5.74) is 0.577. The minimum atomic E-state index is -3.46. The van der Waals surface area contributed by atoms with Gasteiger partial charge in [0.15, 0.2) is 0 Å². The van der Waals surface area contributed by atoms with Gasteiger partial charge < -0.3 is 5.32 Å². The van der Waals surface area contributed by atoms with Crippen LogP contribution in [0.25, 0.3) is 10.8 Å². The van der Waals surface area contributed by atoms with Crippen LogP contribution >= 0.6 is 0 Å². The number of nitrogens with zero attached hydrogens (tertiary/aromatic N) is 1. The lowest BCUT2D eigenvalue weighted by Gasteiger charge is -2.13. The average molecular weight is 321 g/mol. The first-order chi connectivity index (χ1) is 10.4. The van der Waals surface area contributed by atoms with E-state index in [1.165, 1.54) is 14.1 Å². The van der Waals surface area contributed by atoms with Gasteiger partial charge >= 0.3 is 0 Å². The third-order valence-corrected chi connectivity index (χ3v) is 4.74. The maximum atomic E-state index is 12.2. The van der Waals surface area contributed by atoms with Gasteiger partial charge in [0.2, 0.25) is 0 Å². The number of hydrogen-bond donors (Lipinski definition) is 2. The quantitative estimate of drug-likeness (QED) is 0.778. The highest BCUT2D eigenvalue weighted by Gasteiger charge is 2.12. The number of hydrogen-bond acceptors (Lipinski definition) is 3. The monoisotopic (exact) mass is 321 g/mol. The molecule has 2 aromatic rings. The fourth-order valence-corrected chi connectivity index (χ4v) is 2.62. The molecule has 0 bridgehead atoms. The van der Waals surface area contributed by atoms with Crippen molar-refractivity contribution in [2.45, 2.75) is 0 Å². The summed E-state index contributed by atoms with van der Waals surface area (Å²) in [6.45, 7) is 0.353. The van der Waals surface area contributed by atoms with E-state index in [1.54, 1.807) is 6.07 Å². The van der Waals surface area contributed by atoms with Crippen molar-refractivity contribution in [3.05, 3.63) is 48.0 Å². The van der Waals surface area contributed by atoms with E-state index in [0.29, 0.717) is 5.56 Å². The van der Waals surface area contributed by atoms with E-state index >= 15 is 0 Å². The molecule has 0 aliphatic carbocycles. The van der Waals surface area contributed by atoms with Crippen LogP contribution in [0.4, 0.5) is 0 Å². The van der Waals surface area contributed by atoms with Crippen LogP contribution in [-0.2, 0) is 10.2 Å². The zero-order valence-corrected chi connectivity index (χ0v) is 13.4. The number of benzene rings is 2. The Morgan fingerprint density at radius 2 is 1.73 bits per heavy atom. The lowest BCUT2D eigenvalue weighted by molar-refractivity contribution is 0.0956. The van der Waals surface area contributed by atoms with Crippen LogP contribution in [0, 0.1) is 0 Å². The van der Waals surface area contributed by atoms with Crippen LogP contribution in [0.3, 0.4) is 0 Å². The number of carbonyl (C=O) groups is 1. The Bertz CT molecular complexity index is 767. The number of fused-ring (bicyclic) bond motifs is 1. The first kappa shape index (κ1) is 16.4. The van der Waals surface area contributed by atoms with Gasteiger partial charge in [0.1, 0.15) is 0 Å². The van der Waals surface area contributed by atoms with Gasteiger partial charge in [-0.1, -0.05) is 36.4 Å². The number of carbonyl (C=O) groups excluding carboxylic acids is 1. The van der Waals surface area contributed by atoms with Crippen molar-refractivity contribution in [2.24, 2.45) is 0 Å². The first-order valence-electron chi connectivity index (χ1n) is 6.85. The van der Waals surface area contributed by atoms with Gasteiger partial charge in [-0.3, -0.25) is 4.79 Å². The van der Waals surface area contributed by atoms with Crippen molar-refractivity contribution in [2.75, 3.05) is 27.2 Å². The maximum absolute atomic E-state index is 12.2. The Balaban J connectivity index is 1.98. The predicted octanol–water partition coefficient (Wildman–Crippen LogP) is 0.966. The van der Waals surface area contributed by atoms with Crippen molar-refractivity contribution in [3.8, 4) is 0 Å². The van der Waals surface area contributed by atoms with E-state index in [2.05, 4.69) is 10.0 Å². The van der Waals surface area contributed by atoms with E-state index in [9.17, 15) is 13.2 Å². The molecule has 2 rings (SSSR count). The topological polar surface area (TPSA) is 78.5 Å². The normalized spacial score (nSPS) is 11.8. The molecule has 7 heteroatoms. The highest BCUT2D eigenvalue weighted by molar-refractivity contribution is 7.87. The first-order valence-corrected chi connectivity index (χ1v) is 8.29. The summed E-state index contributed by atoms with van der Waals surface area (Å²) in [4.78, 5) is 12.2. The molecule has 2 aromatic carbocycles. The summed E-state index contributed by atoms with van der Waals surface area (Å²) < 4.78 is 26.5. The fraction of sp³-hybridized carbons (Fsp3) is 0.267. The second kappa shape index (κ2) is 6.87. The van der Waals surface area contributed by atoms with Crippen LogP contribution in [-0.4, -0.2) is 45.8 Å². The number of nitrogens with one attached hydrogen (secondary N) is 2. The van der Waals surface area contributed by atoms with Crippen LogP contribution in [0.1, 0.15) is 10.4 Å². The second-order valence-corrected chi connectivity index (χ2v) is 6.93. The number of rotatable bonds is 6. The minimum Gasteiger partial charge on any atom is -0.351 e. The Kier molecular flexibility index (Phi) is 5.12. The molecular formula is C15H19N3O3S. The molecule has 0 aromatic heterocycles. The van der Waals surface area contributed by atoms with Gasteiger partial charge in [-0.15, -0.1) is 0 Å². The average Bonchev–Trinajstić information content (AvgIpc) is 2.50. The Hall–Kier alpha value is -1.96.